The molecule has 2 rings (SSSR count). The van der Waals surface area contributed by atoms with E-state index in [9.17, 15) is 4.39 Å². The van der Waals surface area contributed by atoms with Crippen LogP contribution in [0, 0.1) is 0 Å². The Hall–Kier alpha value is -2.17. The molecular weight excluding hydrogens is 403 g/mol. The number of hydrogen-bond donors (Lipinski definition) is 0. The molecule has 2 aromatic rings. The molecule has 4 nitrogen and oxygen atoms in total. The molecule has 1 aromatic carbocycles. The molecule has 1 unspecified atom stereocenters. The fourth-order valence-electron chi connectivity index (χ4n) is 3.54. The summed E-state index contributed by atoms with van der Waals surface area (Å²) in [4.78, 5) is 8.85. The Bertz CT molecular complexity index is 707. The van der Waals surface area contributed by atoms with Crippen molar-refractivity contribution in [2.24, 2.45) is 0 Å². The lowest BCUT2D eigenvalue weighted by atomic mass is 10.1. The van der Waals surface area contributed by atoms with Crippen molar-refractivity contribution >= 4 is 0 Å². The Morgan fingerprint density at radius 2 is 1.28 bits per heavy atom. The summed E-state index contributed by atoms with van der Waals surface area (Å²) in [7, 11) is 0. The van der Waals surface area contributed by atoms with Gasteiger partial charge in [-0.3, -0.25) is 0 Å². The highest BCUT2D eigenvalue weighted by molar-refractivity contribution is 5.56. The minimum atomic E-state index is -0.779. The van der Waals surface area contributed by atoms with Gasteiger partial charge in [0.05, 0.1) is 25.6 Å². The third kappa shape index (κ3) is 10.9. The van der Waals surface area contributed by atoms with Gasteiger partial charge in [-0.25, -0.2) is 14.4 Å². The fraction of sp³-hybridized carbons (Fsp3) is 0.630. The number of alkyl halides is 1. The zero-order valence-electron chi connectivity index (χ0n) is 20.0. The van der Waals surface area contributed by atoms with Crippen LogP contribution in [0.2, 0.25) is 0 Å². The molecule has 1 heterocycles. The van der Waals surface area contributed by atoms with Gasteiger partial charge >= 0.3 is 0 Å². The Balaban J connectivity index is 1.64. The molecule has 178 valence electrons. The van der Waals surface area contributed by atoms with Crippen LogP contribution in [-0.2, 0) is 0 Å². The largest absolute Gasteiger partial charge is 0.493 e. The van der Waals surface area contributed by atoms with Gasteiger partial charge in [-0.05, 0) is 37.1 Å². The Labute approximate surface area is 194 Å². The van der Waals surface area contributed by atoms with Crippen molar-refractivity contribution in [2.75, 3.05) is 13.2 Å². The van der Waals surface area contributed by atoms with Crippen LogP contribution in [0.15, 0.2) is 36.7 Å². The summed E-state index contributed by atoms with van der Waals surface area (Å²) in [6, 6.07) is 7.61. The predicted molar refractivity (Wildman–Crippen MR) is 130 cm³/mol. The first-order chi connectivity index (χ1) is 15.7. The number of halogens is 1. The Morgan fingerprint density at radius 3 is 1.94 bits per heavy atom. The lowest BCUT2D eigenvalue weighted by Crippen LogP contribution is -2.07. The van der Waals surface area contributed by atoms with Crippen LogP contribution in [0.1, 0.15) is 90.9 Å². The van der Waals surface area contributed by atoms with Crippen LogP contribution in [0.4, 0.5) is 4.39 Å². The molecular formula is C27H41FN2O2. The van der Waals surface area contributed by atoms with Crippen molar-refractivity contribution < 1.29 is 13.9 Å². The van der Waals surface area contributed by atoms with Crippen molar-refractivity contribution in [3.8, 4) is 22.9 Å². The van der Waals surface area contributed by atoms with E-state index in [4.69, 9.17) is 9.47 Å². The lowest BCUT2D eigenvalue weighted by Gasteiger charge is -2.10. The molecule has 0 saturated carbocycles. The first-order valence-corrected chi connectivity index (χ1v) is 12.5. The summed E-state index contributed by atoms with van der Waals surface area (Å²) in [6.45, 7) is 5.43. The second-order valence-corrected chi connectivity index (χ2v) is 8.47. The molecule has 0 aliphatic heterocycles. The average molecular weight is 445 g/mol. The summed E-state index contributed by atoms with van der Waals surface area (Å²) in [6.07, 6.45) is 16.0. The second kappa shape index (κ2) is 16.5. The first kappa shape index (κ1) is 26.1. The summed E-state index contributed by atoms with van der Waals surface area (Å²) in [5, 5.41) is 0. The van der Waals surface area contributed by atoms with Gasteiger partial charge in [0, 0.05) is 12.0 Å². The molecule has 32 heavy (non-hydrogen) atoms. The maximum atomic E-state index is 13.7. The molecule has 0 amide bonds. The molecule has 0 saturated heterocycles. The van der Waals surface area contributed by atoms with E-state index >= 15 is 0 Å². The van der Waals surface area contributed by atoms with E-state index in [1.165, 1.54) is 44.9 Å². The number of nitrogens with zero attached hydrogens (tertiary/aromatic N) is 2. The number of aromatic nitrogens is 2. The van der Waals surface area contributed by atoms with Gasteiger partial charge in [0.25, 0.3) is 0 Å². The van der Waals surface area contributed by atoms with Gasteiger partial charge in [0.15, 0.2) is 11.6 Å². The molecule has 0 N–H and O–H groups in total. The van der Waals surface area contributed by atoms with Gasteiger partial charge in [0.2, 0.25) is 0 Å². The van der Waals surface area contributed by atoms with Crippen LogP contribution in [0.3, 0.4) is 0 Å². The molecule has 0 radical (unpaired) electrons. The van der Waals surface area contributed by atoms with Gasteiger partial charge < -0.3 is 9.47 Å². The van der Waals surface area contributed by atoms with Gasteiger partial charge in [-0.2, -0.15) is 0 Å². The van der Waals surface area contributed by atoms with E-state index in [1.54, 1.807) is 12.4 Å². The Kier molecular flexibility index (Phi) is 13.4. The third-order valence-electron chi connectivity index (χ3n) is 5.58. The molecule has 0 aliphatic carbocycles. The van der Waals surface area contributed by atoms with E-state index in [-0.39, 0.29) is 0 Å². The SMILES string of the molecule is CCCCCCCCCCOc1cnc(-c2ccc(OCCC(F)CCCC)cc2)nc1. The number of rotatable bonds is 18. The van der Waals surface area contributed by atoms with Crippen molar-refractivity contribution in [2.45, 2.75) is 97.1 Å². The van der Waals surface area contributed by atoms with Gasteiger partial charge in [0.1, 0.15) is 11.9 Å². The number of hydrogen-bond acceptors (Lipinski definition) is 4. The van der Waals surface area contributed by atoms with Gasteiger partial charge in [-0.15, -0.1) is 0 Å². The highest BCUT2D eigenvalue weighted by Gasteiger charge is 2.07. The zero-order chi connectivity index (χ0) is 22.9. The summed E-state index contributed by atoms with van der Waals surface area (Å²) in [5.41, 5.74) is 0.915. The van der Waals surface area contributed by atoms with E-state index < -0.39 is 6.17 Å². The van der Waals surface area contributed by atoms with Crippen molar-refractivity contribution in [1.82, 2.24) is 9.97 Å². The quantitative estimate of drug-likeness (QED) is 0.219. The minimum absolute atomic E-state index is 0.394. The summed E-state index contributed by atoms with van der Waals surface area (Å²) in [5.74, 6) is 2.10. The van der Waals surface area contributed by atoms with E-state index in [0.717, 1.165) is 30.6 Å². The Morgan fingerprint density at radius 1 is 0.688 bits per heavy atom. The smallest absolute Gasteiger partial charge is 0.159 e. The number of benzene rings is 1. The molecule has 5 heteroatoms. The maximum Gasteiger partial charge on any atom is 0.159 e. The highest BCUT2D eigenvalue weighted by Crippen LogP contribution is 2.21. The molecule has 0 bridgehead atoms. The molecule has 1 aromatic heterocycles. The second-order valence-electron chi connectivity index (χ2n) is 8.47. The monoisotopic (exact) mass is 444 g/mol. The zero-order valence-corrected chi connectivity index (χ0v) is 20.0. The van der Waals surface area contributed by atoms with Crippen molar-refractivity contribution in [3.05, 3.63) is 36.7 Å². The summed E-state index contributed by atoms with van der Waals surface area (Å²) < 4.78 is 25.1. The van der Waals surface area contributed by atoms with Crippen LogP contribution in [0.5, 0.6) is 11.5 Å². The van der Waals surface area contributed by atoms with Crippen molar-refractivity contribution in [1.29, 1.82) is 0 Å². The van der Waals surface area contributed by atoms with E-state index in [1.807, 2.05) is 24.3 Å². The average Bonchev–Trinajstić information content (AvgIpc) is 2.82. The van der Waals surface area contributed by atoms with Crippen LogP contribution in [-0.4, -0.2) is 29.4 Å². The molecule has 0 spiro atoms. The lowest BCUT2D eigenvalue weighted by molar-refractivity contribution is 0.223. The topological polar surface area (TPSA) is 44.2 Å². The van der Waals surface area contributed by atoms with Crippen LogP contribution < -0.4 is 9.47 Å². The molecule has 1 atom stereocenters. The van der Waals surface area contributed by atoms with Crippen LogP contribution >= 0.6 is 0 Å². The standard InChI is InChI=1S/C27H41FN2O2/c1-3-5-7-8-9-10-11-12-19-31-26-21-29-27(30-22-26)23-14-16-25(17-15-23)32-20-18-24(28)13-6-4-2/h14-17,21-22,24H,3-13,18-20H2,1-2H3. The maximum absolute atomic E-state index is 13.7. The predicted octanol–water partition coefficient (Wildman–Crippen LogP) is 7.96. The number of ether oxygens (including phenoxy) is 2. The summed E-state index contributed by atoms with van der Waals surface area (Å²) >= 11 is 0. The normalized spacial score (nSPS) is 12.0. The minimum Gasteiger partial charge on any atom is -0.493 e. The molecule has 0 fully saturated rings. The van der Waals surface area contributed by atoms with E-state index in [0.29, 0.717) is 37.6 Å². The first-order valence-electron chi connectivity index (χ1n) is 12.5. The fourth-order valence-corrected chi connectivity index (χ4v) is 3.54. The highest BCUT2D eigenvalue weighted by atomic mass is 19.1. The third-order valence-corrected chi connectivity index (χ3v) is 5.58. The number of unbranched alkanes of at least 4 members (excludes halogenated alkanes) is 8. The van der Waals surface area contributed by atoms with E-state index in [2.05, 4.69) is 23.8 Å². The van der Waals surface area contributed by atoms with Crippen molar-refractivity contribution in [3.63, 3.8) is 0 Å². The van der Waals surface area contributed by atoms with Crippen LogP contribution in [0.25, 0.3) is 11.4 Å². The molecule has 0 aliphatic rings. The van der Waals surface area contributed by atoms with Gasteiger partial charge in [-0.1, -0.05) is 71.6 Å².